The van der Waals surface area contributed by atoms with Crippen molar-refractivity contribution in [2.75, 3.05) is 13.1 Å². The molecule has 1 atom stereocenters. The Morgan fingerprint density at radius 3 is 2.50 bits per heavy atom. The van der Waals surface area contributed by atoms with Crippen LogP contribution in [0.3, 0.4) is 0 Å². The number of aromatic nitrogens is 2. The molecular formula is C19H26N4O2S. The summed E-state index contributed by atoms with van der Waals surface area (Å²) in [5.74, 6) is 0. The van der Waals surface area contributed by atoms with Crippen LogP contribution in [0.4, 0.5) is 0 Å². The van der Waals surface area contributed by atoms with Crippen LogP contribution in [0, 0.1) is 5.41 Å². The van der Waals surface area contributed by atoms with Gasteiger partial charge < -0.3 is 0 Å². The van der Waals surface area contributed by atoms with Crippen LogP contribution in [0.1, 0.15) is 31.2 Å². The molecule has 1 aliphatic heterocycles. The molecule has 0 bridgehead atoms. The first kappa shape index (κ1) is 17.7. The van der Waals surface area contributed by atoms with Crippen molar-refractivity contribution in [3.63, 3.8) is 0 Å². The van der Waals surface area contributed by atoms with Gasteiger partial charge in [0.25, 0.3) is 0 Å². The fourth-order valence-corrected chi connectivity index (χ4v) is 5.70. The van der Waals surface area contributed by atoms with E-state index in [-0.39, 0.29) is 11.5 Å². The lowest BCUT2D eigenvalue weighted by Crippen LogP contribution is -2.58. The molecule has 1 aromatic heterocycles. The summed E-state index contributed by atoms with van der Waals surface area (Å²) in [6.07, 6.45) is 8.14. The molecule has 26 heavy (non-hydrogen) atoms. The number of nitrogens with one attached hydrogen (secondary N) is 1. The van der Waals surface area contributed by atoms with Gasteiger partial charge in [-0.3, -0.25) is 9.58 Å². The Balaban J connectivity index is 1.37. The van der Waals surface area contributed by atoms with Crippen LogP contribution in [0.5, 0.6) is 0 Å². The molecule has 0 amide bonds. The van der Waals surface area contributed by atoms with Crippen molar-refractivity contribution >= 4 is 10.0 Å². The second kappa shape index (κ2) is 6.79. The van der Waals surface area contributed by atoms with E-state index in [1.807, 2.05) is 24.0 Å². The van der Waals surface area contributed by atoms with Crippen molar-refractivity contribution in [3.05, 3.63) is 48.3 Å². The van der Waals surface area contributed by atoms with E-state index in [9.17, 15) is 8.42 Å². The highest BCUT2D eigenvalue weighted by Crippen LogP contribution is 2.49. The quantitative estimate of drug-likeness (QED) is 0.871. The lowest BCUT2D eigenvalue weighted by Gasteiger charge is -2.54. The largest absolute Gasteiger partial charge is 0.299 e. The van der Waals surface area contributed by atoms with Crippen molar-refractivity contribution in [1.29, 1.82) is 0 Å². The van der Waals surface area contributed by atoms with Gasteiger partial charge in [0.15, 0.2) is 0 Å². The molecule has 2 fully saturated rings. The van der Waals surface area contributed by atoms with Gasteiger partial charge in [-0.1, -0.05) is 18.2 Å². The van der Waals surface area contributed by atoms with E-state index in [0.717, 1.165) is 45.3 Å². The standard InChI is InChI=1S/C19H26N4O2S/c1-22-14-16(13-20-22)15-23-11-9-19(10-12-23)8-7-18(19)21-26(24,25)17-5-3-2-4-6-17/h2-6,13-14,18,21H,7-12,15H2,1H3/t18-/m1/s1. The molecule has 1 saturated carbocycles. The first-order chi connectivity index (χ1) is 12.5. The van der Waals surface area contributed by atoms with Gasteiger partial charge >= 0.3 is 0 Å². The molecule has 2 heterocycles. The Bertz CT molecular complexity index is 855. The van der Waals surface area contributed by atoms with Gasteiger partial charge in [0, 0.05) is 31.4 Å². The van der Waals surface area contributed by atoms with Crippen molar-refractivity contribution in [2.24, 2.45) is 12.5 Å². The minimum Gasteiger partial charge on any atom is -0.299 e. The summed E-state index contributed by atoms with van der Waals surface area (Å²) in [5.41, 5.74) is 1.37. The molecule has 7 heteroatoms. The van der Waals surface area contributed by atoms with E-state index in [2.05, 4.69) is 20.9 Å². The second-order valence-electron chi connectivity index (χ2n) is 7.69. The van der Waals surface area contributed by atoms with E-state index >= 15 is 0 Å². The third-order valence-corrected chi connectivity index (χ3v) is 7.52. The average Bonchev–Trinajstić information content (AvgIpc) is 3.05. The van der Waals surface area contributed by atoms with Gasteiger partial charge in [-0.05, 0) is 56.3 Å². The zero-order valence-electron chi connectivity index (χ0n) is 15.1. The second-order valence-corrected chi connectivity index (χ2v) is 9.40. The molecular weight excluding hydrogens is 348 g/mol. The molecule has 0 unspecified atom stereocenters. The number of nitrogens with zero attached hydrogens (tertiary/aromatic N) is 3. The van der Waals surface area contributed by atoms with Crippen molar-refractivity contribution < 1.29 is 8.42 Å². The van der Waals surface area contributed by atoms with Gasteiger partial charge in [-0.15, -0.1) is 0 Å². The number of piperidine rings is 1. The summed E-state index contributed by atoms with van der Waals surface area (Å²) >= 11 is 0. The maximum absolute atomic E-state index is 12.6. The van der Waals surface area contributed by atoms with E-state index in [4.69, 9.17) is 0 Å². The average molecular weight is 375 g/mol. The zero-order chi connectivity index (χ0) is 18.2. The molecule has 4 rings (SSSR count). The highest BCUT2D eigenvalue weighted by molar-refractivity contribution is 7.89. The molecule has 1 aromatic carbocycles. The molecule has 2 aromatic rings. The van der Waals surface area contributed by atoms with Gasteiger partial charge in [-0.2, -0.15) is 5.10 Å². The van der Waals surface area contributed by atoms with E-state index in [0.29, 0.717) is 4.90 Å². The van der Waals surface area contributed by atoms with Crippen LogP contribution in [-0.4, -0.2) is 42.2 Å². The van der Waals surface area contributed by atoms with Crippen LogP contribution in [0.25, 0.3) is 0 Å². The van der Waals surface area contributed by atoms with Crippen LogP contribution in [0.2, 0.25) is 0 Å². The van der Waals surface area contributed by atoms with Crippen LogP contribution >= 0.6 is 0 Å². The van der Waals surface area contributed by atoms with Gasteiger partial charge in [0.2, 0.25) is 10.0 Å². The normalized spacial score (nSPS) is 23.0. The number of hydrogen-bond donors (Lipinski definition) is 1. The molecule has 1 N–H and O–H groups in total. The Kier molecular flexibility index (Phi) is 4.62. The van der Waals surface area contributed by atoms with E-state index < -0.39 is 10.0 Å². The Hall–Kier alpha value is -1.70. The van der Waals surface area contributed by atoms with Gasteiger partial charge in [-0.25, -0.2) is 13.1 Å². The lowest BCUT2D eigenvalue weighted by atomic mass is 9.59. The minimum absolute atomic E-state index is 0.0632. The summed E-state index contributed by atoms with van der Waals surface area (Å²) in [7, 11) is -1.49. The maximum atomic E-state index is 12.6. The van der Waals surface area contributed by atoms with E-state index in [1.54, 1.807) is 24.3 Å². The fourth-order valence-electron chi connectivity index (χ4n) is 4.30. The van der Waals surface area contributed by atoms with Gasteiger partial charge in [0.1, 0.15) is 0 Å². The van der Waals surface area contributed by atoms with E-state index in [1.165, 1.54) is 5.56 Å². The Labute approximate surface area is 155 Å². The third kappa shape index (κ3) is 3.43. The molecule has 6 nitrogen and oxygen atoms in total. The predicted molar refractivity (Wildman–Crippen MR) is 99.9 cm³/mol. The number of sulfonamides is 1. The number of benzene rings is 1. The summed E-state index contributed by atoms with van der Waals surface area (Å²) in [4.78, 5) is 2.81. The Morgan fingerprint density at radius 1 is 1.19 bits per heavy atom. The van der Waals surface area contributed by atoms with Gasteiger partial charge in [0.05, 0.1) is 11.1 Å². The van der Waals surface area contributed by atoms with Crippen molar-refractivity contribution in [2.45, 2.75) is 43.2 Å². The van der Waals surface area contributed by atoms with Crippen molar-refractivity contribution in [3.8, 4) is 0 Å². The minimum atomic E-state index is -3.43. The van der Waals surface area contributed by atoms with Crippen LogP contribution < -0.4 is 4.72 Å². The number of likely N-dealkylation sites (tertiary alicyclic amines) is 1. The summed E-state index contributed by atoms with van der Waals surface area (Å²) in [5, 5.41) is 4.23. The predicted octanol–water partition coefficient (Wildman–Crippen LogP) is 2.14. The van der Waals surface area contributed by atoms with Crippen molar-refractivity contribution in [1.82, 2.24) is 19.4 Å². The number of aryl methyl sites for hydroxylation is 1. The highest BCUT2D eigenvalue weighted by atomic mass is 32.2. The monoisotopic (exact) mass is 374 g/mol. The SMILES string of the molecule is Cn1cc(CN2CCC3(CC[C@H]3NS(=O)(=O)c3ccccc3)CC2)cn1. The Morgan fingerprint density at radius 2 is 1.92 bits per heavy atom. The first-order valence-electron chi connectivity index (χ1n) is 9.24. The molecule has 140 valence electrons. The highest BCUT2D eigenvalue weighted by Gasteiger charge is 2.49. The fraction of sp³-hybridized carbons (Fsp3) is 0.526. The molecule has 1 spiro atoms. The smallest absolute Gasteiger partial charge is 0.240 e. The lowest BCUT2D eigenvalue weighted by molar-refractivity contribution is 0.000699. The molecule has 1 saturated heterocycles. The summed E-state index contributed by atoms with van der Waals surface area (Å²) in [6.45, 7) is 2.95. The third-order valence-electron chi connectivity index (χ3n) is 6.04. The van der Waals surface area contributed by atoms with Crippen LogP contribution in [-0.2, 0) is 23.6 Å². The maximum Gasteiger partial charge on any atom is 0.240 e. The van der Waals surface area contributed by atoms with Crippen LogP contribution in [0.15, 0.2) is 47.6 Å². The first-order valence-corrected chi connectivity index (χ1v) is 10.7. The molecule has 0 radical (unpaired) electrons. The molecule has 1 aliphatic carbocycles. The zero-order valence-corrected chi connectivity index (χ0v) is 16.0. The number of hydrogen-bond acceptors (Lipinski definition) is 4. The topological polar surface area (TPSA) is 67.2 Å². The number of rotatable bonds is 5. The summed E-state index contributed by atoms with van der Waals surface area (Å²) < 4.78 is 30.1. The summed E-state index contributed by atoms with van der Waals surface area (Å²) in [6, 6.07) is 8.74. The molecule has 2 aliphatic rings.